The maximum absolute atomic E-state index is 12.7. The molecule has 154 valence electrons. The van der Waals surface area contributed by atoms with Crippen LogP contribution in [0.3, 0.4) is 0 Å². The van der Waals surface area contributed by atoms with Gasteiger partial charge in [-0.15, -0.1) is 0 Å². The van der Waals surface area contributed by atoms with Crippen LogP contribution in [0.4, 0.5) is 4.79 Å². The minimum Gasteiger partial charge on any atom is -0.455 e. The number of urea groups is 1. The van der Waals surface area contributed by atoms with Crippen molar-refractivity contribution < 1.29 is 23.9 Å². The number of rotatable bonds is 7. The zero-order chi connectivity index (χ0) is 20.9. The van der Waals surface area contributed by atoms with Crippen LogP contribution in [0.2, 0.25) is 0 Å². The van der Waals surface area contributed by atoms with Gasteiger partial charge in [0.15, 0.2) is 6.61 Å². The van der Waals surface area contributed by atoms with Gasteiger partial charge in [0.1, 0.15) is 5.54 Å². The number of imide groups is 1. The van der Waals surface area contributed by atoms with Gasteiger partial charge in [0.05, 0.1) is 5.92 Å². The maximum atomic E-state index is 12.7. The van der Waals surface area contributed by atoms with Crippen molar-refractivity contribution in [1.29, 1.82) is 0 Å². The number of ether oxygens (including phenoxy) is 1. The summed E-state index contributed by atoms with van der Waals surface area (Å²) in [5.41, 5.74) is 2.16. The van der Waals surface area contributed by atoms with Crippen LogP contribution in [-0.2, 0) is 25.5 Å². The van der Waals surface area contributed by atoms with Crippen LogP contribution in [-0.4, -0.2) is 41.0 Å². The number of aryl methyl sites for hydroxylation is 1. The molecule has 1 fully saturated rings. The Morgan fingerprint density at radius 1 is 1.24 bits per heavy atom. The normalized spacial score (nSPS) is 23.6. The average Bonchev–Trinajstić information content (AvgIpc) is 2.95. The number of nitrogens with one attached hydrogen (secondary N) is 2. The van der Waals surface area contributed by atoms with Gasteiger partial charge in [-0.3, -0.25) is 19.8 Å². The molecule has 2 aliphatic rings. The molecule has 8 nitrogen and oxygen atoms in total. The van der Waals surface area contributed by atoms with Crippen molar-refractivity contribution in [2.75, 3.05) is 6.61 Å². The molecule has 0 saturated carbocycles. The fourth-order valence-corrected chi connectivity index (χ4v) is 3.41. The van der Waals surface area contributed by atoms with Gasteiger partial charge < -0.3 is 10.1 Å². The summed E-state index contributed by atoms with van der Waals surface area (Å²) in [5, 5.41) is 3.29. The minimum atomic E-state index is -1.12. The van der Waals surface area contributed by atoms with E-state index in [1.54, 1.807) is 6.92 Å². The topological polar surface area (TPSA) is 105 Å². The van der Waals surface area contributed by atoms with Crippen molar-refractivity contribution >= 4 is 23.8 Å². The van der Waals surface area contributed by atoms with E-state index in [9.17, 15) is 19.2 Å². The molecule has 2 atom stereocenters. The Hall–Kier alpha value is -3.16. The lowest BCUT2D eigenvalue weighted by Crippen LogP contribution is -2.50. The molecule has 0 spiro atoms. The van der Waals surface area contributed by atoms with E-state index >= 15 is 0 Å². The molecule has 1 aromatic rings. The van der Waals surface area contributed by atoms with Crippen LogP contribution in [0, 0.1) is 5.92 Å². The predicted molar refractivity (Wildman–Crippen MR) is 104 cm³/mol. The Balaban J connectivity index is 1.50. The van der Waals surface area contributed by atoms with Gasteiger partial charge in [0.2, 0.25) is 0 Å². The second-order valence-electron chi connectivity index (χ2n) is 7.51. The van der Waals surface area contributed by atoms with Crippen LogP contribution >= 0.6 is 0 Å². The summed E-state index contributed by atoms with van der Waals surface area (Å²) in [6.07, 6.45) is 6.98. The quantitative estimate of drug-likeness (QED) is 0.414. The molecule has 3 rings (SSSR count). The van der Waals surface area contributed by atoms with Crippen LogP contribution in [0.15, 0.2) is 42.5 Å². The van der Waals surface area contributed by atoms with Gasteiger partial charge >= 0.3 is 12.0 Å². The molecule has 0 radical (unpaired) electrons. The number of hydrazine groups is 1. The van der Waals surface area contributed by atoms with Crippen molar-refractivity contribution in [3.63, 3.8) is 0 Å². The van der Waals surface area contributed by atoms with E-state index in [1.165, 1.54) is 0 Å². The van der Waals surface area contributed by atoms with Crippen molar-refractivity contribution in [2.24, 2.45) is 5.92 Å². The largest absolute Gasteiger partial charge is 0.455 e. The molecular formula is C21H25N3O5. The highest BCUT2D eigenvalue weighted by Crippen LogP contribution is 2.22. The summed E-state index contributed by atoms with van der Waals surface area (Å²) in [6.45, 7) is 1.08. The molecule has 2 N–H and O–H groups in total. The van der Waals surface area contributed by atoms with Gasteiger partial charge in [0, 0.05) is 0 Å². The summed E-state index contributed by atoms with van der Waals surface area (Å²) >= 11 is 0. The van der Waals surface area contributed by atoms with E-state index in [-0.39, 0.29) is 5.92 Å². The second-order valence-corrected chi connectivity index (χ2v) is 7.51. The zero-order valence-corrected chi connectivity index (χ0v) is 16.3. The first-order chi connectivity index (χ1) is 13.9. The first-order valence-electron chi connectivity index (χ1n) is 9.71. The zero-order valence-electron chi connectivity index (χ0n) is 16.3. The summed E-state index contributed by atoms with van der Waals surface area (Å²) in [4.78, 5) is 49.0. The van der Waals surface area contributed by atoms with E-state index in [2.05, 4.69) is 10.7 Å². The van der Waals surface area contributed by atoms with Crippen molar-refractivity contribution in [3.05, 3.63) is 48.0 Å². The Morgan fingerprint density at radius 2 is 2.00 bits per heavy atom. The van der Waals surface area contributed by atoms with Crippen LogP contribution in [0.25, 0.3) is 0 Å². The third kappa shape index (κ3) is 5.01. The number of carbonyl (C=O) groups excluding carboxylic acids is 4. The molecule has 1 aliphatic heterocycles. The van der Waals surface area contributed by atoms with Crippen molar-refractivity contribution in [1.82, 2.24) is 15.8 Å². The molecular weight excluding hydrogens is 374 g/mol. The Morgan fingerprint density at radius 3 is 2.69 bits per heavy atom. The SMILES string of the molecule is C[C@]1(CCc2ccccc2)NC(=O)N(NC(=O)COC(=O)[C@@H]2CC=CCC2)C1=O. The number of hydrogen-bond donors (Lipinski definition) is 2. The molecule has 4 amide bonds. The first-order valence-corrected chi connectivity index (χ1v) is 9.71. The highest BCUT2D eigenvalue weighted by Gasteiger charge is 2.48. The van der Waals surface area contributed by atoms with Gasteiger partial charge in [-0.25, -0.2) is 4.79 Å². The third-order valence-electron chi connectivity index (χ3n) is 5.20. The lowest BCUT2D eigenvalue weighted by molar-refractivity contribution is -0.154. The number of allylic oxidation sites excluding steroid dienone is 2. The molecule has 1 aliphatic carbocycles. The van der Waals surface area contributed by atoms with Crippen LogP contribution < -0.4 is 10.7 Å². The number of amides is 4. The molecule has 0 aromatic heterocycles. The van der Waals surface area contributed by atoms with E-state index in [1.807, 2.05) is 42.5 Å². The van der Waals surface area contributed by atoms with Crippen LogP contribution in [0.1, 0.15) is 38.2 Å². The van der Waals surface area contributed by atoms with Crippen molar-refractivity contribution in [2.45, 2.75) is 44.6 Å². The number of esters is 1. The van der Waals surface area contributed by atoms with Crippen LogP contribution in [0.5, 0.6) is 0 Å². The molecule has 1 aromatic carbocycles. The number of hydrogen-bond acceptors (Lipinski definition) is 5. The molecule has 8 heteroatoms. The summed E-state index contributed by atoms with van der Waals surface area (Å²) in [5.74, 6) is -1.99. The number of benzene rings is 1. The Kier molecular flexibility index (Phi) is 6.31. The third-order valence-corrected chi connectivity index (χ3v) is 5.20. The standard InChI is InChI=1S/C21H25N3O5/c1-21(13-12-15-8-4-2-5-9-15)19(27)24(20(28)22-21)23-17(25)14-29-18(26)16-10-6-3-7-11-16/h2-6,8-9,16H,7,10-14H2,1H3,(H,22,28)(H,23,25)/t16-,21-/m1/s1. The number of carbonyl (C=O) groups is 4. The van der Waals surface area contributed by atoms with E-state index in [4.69, 9.17) is 4.74 Å². The van der Waals surface area contributed by atoms with Gasteiger partial charge in [-0.2, -0.15) is 5.01 Å². The average molecular weight is 399 g/mol. The molecule has 1 saturated heterocycles. The predicted octanol–water partition coefficient (Wildman–Crippen LogP) is 1.86. The van der Waals surface area contributed by atoms with Gasteiger partial charge in [-0.05, 0) is 44.6 Å². The van der Waals surface area contributed by atoms with E-state index < -0.39 is 36.0 Å². The molecule has 0 bridgehead atoms. The number of nitrogens with zero attached hydrogens (tertiary/aromatic N) is 1. The fraction of sp³-hybridized carbons (Fsp3) is 0.429. The lowest BCUT2D eigenvalue weighted by Gasteiger charge is -2.21. The van der Waals surface area contributed by atoms with Crippen molar-refractivity contribution in [3.8, 4) is 0 Å². The lowest BCUT2D eigenvalue weighted by atomic mass is 9.93. The minimum absolute atomic E-state index is 0.259. The smallest absolute Gasteiger partial charge is 0.344 e. The highest BCUT2D eigenvalue weighted by molar-refractivity contribution is 6.07. The Labute approximate surface area is 169 Å². The molecule has 1 heterocycles. The van der Waals surface area contributed by atoms with Gasteiger partial charge in [-0.1, -0.05) is 42.5 Å². The Bertz CT molecular complexity index is 823. The fourth-order valence-electron chi connectivity index (χ4n) is 3.41. The molecule has 0 unspecified atom stereocenters. The maximum Gasteiger partial charge on any atom is 0.344 e. The summed E-state index contributed by atoms with van der Waals surface area (Å²) in [6, 6.07) is 8.90. The summed E-state index contributed by atoms with van der Waals surface area (Å²) < 4.78 is 5.03. The second kappa shape index (κ2) is 8.89. The highest BCUT2D eigenvalue weighted by atomic mass is 16.5. The van der Waals surface area contributed by atoms with E-state index in [0.717, 1.165) is 12.0 Å². The summed E-state index contributed by atoms with van der Waals surface area (Å²) in [7, 11) is 0. The monoisotopic (exact) mass is 399 g/mol. The van der Waals surface area contributed by atoms with E-state index in [0.29, 0.717) is 30.7 Å². The first kappa shape index (κ1) is 20.6. The van der Waals surface area contributed by atoms with Gasteiger partial charge in [0.25, 0.3) is 11.8 Å². The molecule has 29 heavy (non-hydrogen) atoms.